The minimum Gasteiger partial charge on any atom is -0.155 e. The molecular weight excluding hydrogens is 264 g/mol. The van der Waals surface area contributed by atoms with Crippen molar-refractivity contribution in [1.82, 2.24) is 10.2 Å². The van der Waals surface area contributed by atoms with Crippen molar-refractivity contribution in [3.8, 4) is 11.3 Å². The van der Waals surface area contributed by atoms with Crippen LogP contribution >= 0.6 is 15.9 Å². The molecule has 1 heterocycles. The molecule has 0 atom stereocenters. The molecule has 82 valence electrons. The highest BCUT2D eigenvalue weighted by Crippen LogP contribution is 2.20. The Hall–Kier alpha value is -1.22. The minimum atomic E-state index is 0.423. The molecule has 0 spiro atoms. The van der Waals surface area contributed by atoms with Crippen LogP contribution in [0.25, 0.3) is 11.3 Å². The normalized spacial score (nSPS) is 10.8. The highest BCUT2D eigenvalue weighted by Gasteiger charge is 2.03. The number of hydrogen-bond acceptors (Lipinski definition) is 2. The first-order valence-electron chi connectivity index (χ1n) is 5.26. The Bertz CT molecular complexity index is 460. The Balaban J connectivity index is 2.31. The summed E-state index contributed by atoms with van der Waals surface area (Å²) in [7, 11) is 0. The van der Waals surface area contributed by atoms with Crippen molar-refractivity contribution in [2.75, 3.05) is 0 Å². The van der Waals surface area contributed by atoms with E-state index in [1.54, 1.807) is 0 Å². The van der Waals surface area contributed by atoms with E-state index < -0.39 is 0 Å². The van der Waals surface area contributed by atoms with Crippen molar-refractivity contribution < 1.29 is 0 Å². The summed E-state index contributed by atoms with van der Waals surface area (Å²) in [5, 5.41) is 8.45. The maximum Gasteiger partial charge on any atom is 0.0929 e. The smallest absolute Gasteiger partial charge is 0.0929 e. The maximum absolute atomic E-state index is 4.23. The summed E-state index contributed by atoms with van der Waals surface area (Å²) in [6, 6.07) is 12.1. The van der Waals surface area contributed by atoms with Crippen LogP contribution in [0, 0.1) is 0 Å². The van der Waals surface area contributed by atoms with E-state index in [9.17, 15) is 0 Å². The lowest BCUT2D eigenvalue weighted by Gasteiger charge is -2.04. The summed E-state index contributed by atoms with van der Waals surface area (Å²) >= 11 is 3.41. The molecule has 2 rings (SSSR count). The van der Waals surface area contributed by atoms with Crippen molar-refractivity contribution in [3.63, 3.8) is 0 Å². The van der Waals surface area contributed by atoms with Gasteiger partial charge in [-0.1, -0.05) is 41.9 Å². The van der Waals surface area contributed by atoms with Gasteiger partial charge in [0.2, 0.25) is 0 Å². The van der Waals surface area contributed by atoms with E-state index in [2.05, 4.69) is 40.0 Å². The quantitative estimate of drug-likeness (QED) is 0.828. The van der Waals surface area contributed by atoms with E-state index in [1.165, 1.54) is 0 Å². The molecule has 0 bridgehead atoms. The fraction of sp³-hybridized carbons (Fsp3) is 0.231. The lowest BCUT2D eigenvalue weighted by atomic mass is 10.1. The monoisotopic (exact) mass is 276 g/mol. The van der Waals surface area contributed by atoms with Crippen LogP contribution in [0.1, 0.15) is 25.5 Å². The third kappa shape index (κ3) is 2.47. The van der Waals surface area contributed by atoms with Gasteiger partial charge in [-0.05, 0) is 30.2 Å². The van der Waals surface area contributed by atoms with Crippen molar-refractivity contribution in [3.05, 3.63) is 46.6 Å². The van der Waals surface area contributed by atoms with E-state index in [1.807, 2.05) is 36.4 Å². The van der Waals surface area contributed by atoms with E-state index in [4.69, 9.17) is 0 Å². The predicted molar refractivity (Wildman–Crippen MR) is 69.3 cm³/mol. The second-order valence-corrected chi connectivity index (χ2v) is 4.92. The van der Waals surface area contributed by atoms with Crippen LogP contribution in [0.5, 0.6) is 0 Å². The Morgan fingerprint density at radius 3 is 2.12 bits per heavy atom. The molecule has 0 N–H and O–H groups in total. The van der Waals surface area contributed by atoms with Gasteiger partial charge in [-0.2, -0.15) is 10.2 Å². The van der Waals surface area contributed by atoms with Gasteiger partial charge in [-0.3, -0.25) is 0 Å². The topological polar surface area (TPSA) is 25.8 Å². The zero-order valence-corrected chi connectivity index (χ0v) is 10.9. The number of aromatic nitrogens is 2. The van der Waals surface area contributed by atoms with Crippen LogP contribution in [-0.4, -0.2) is 10.2 Å². The Morgan fingerprint density at radius 2 is 1.62 bits per heavy atom. The van der Waals surface area contributed by atoms with Gasteiger partial charge in [0.25, 0.3) is 0 Å². The zero-order valence-electron chi connectivity index (χ0n) is 9.31. The second-order valence-electron chi connectivity index (χ2n) is 4.01. The zero-order chi connectivity index (χ0) is 11.5. The Morgan fingerprint density at radius 1 is 0.938 bits per heavy atom. The highest BCUT2D eigenvalue weighted by molar-refractivity contribution is 9.10. The third-order valence-electron chi connectivity index (χ3n) is 2.42. The van der Waals surface area contributed by atoms with Gasteiger partial charge >= 0.3 is 0 Å². The highest BCUT2D eigenvalue weighted by atomic mass is 79.9. The molecule has 1 aromatic heterocycles. The summed E-state index contributed by atoms with van der Waals surface area (Å²) < 4.78 is 1.07. The van der Waals surface area contributed by atoms with E-state index in [-0.39, 0.29) is 0 Å². The Labute approximate surface area is 104 Å². The van der Waals surface area contributed by atoms with Crippen molar-refractivity contribution in [2.45, 2.75) is 19.8 Å². The molecule has 0 saturated carbocycles. The maximum atomic E-state index is 4.23. The van der Waals surface area contributed by atoms with Gasteiger partial charge in [-0.25, -0.2) is 0 Å². The van der Waals surface area contributed by atoms with Gasteiger partial charge in [-0.15, -0.1) is 0 Å². The summed E-state index contributed by atoms with van der Waals surface area (Å²) in [6.07, 6.45) is 0. The summed E-state index contributed by atoms with van der Waals surface area (Å²) in [5.41, 5.74) is 3.03. The first kappa shape index (κ1) is 11.3. The van der Waals surface area contributed by atoms with Gasteiger partial charge in [0, 0.05) is 10.0 Å². The van der Waals surface area contributed by atoms with Crippen LogP contribution in [0.3, 0.4) is 0 Å². The van der Waals surface area contributed by atoms with Crippen LogP contribution in [0.2, 0.25) is 0 Å². The number of benzene rings is 1. The SMILES string of the molecule is CC(C)c1ccc(-c2ccc(Br)cc2)nn1. The van der Waals surface area contributed by atoms with E-state index in [0.29, 0.717) is 5.92 Å². The number of halogens is 1. The van der Waals surface area contributed by atoms with Crippen molar-refractivity contribution in [1.29, 1.82) is 0 Å². The number of hydrogen-bond donors (Lipinski definition) is 0. The summed E-state index contributed by atoms with van der Waals surface area (Å²) in [6.45, 7) is 4.23. The molecular formula is C13H13BrN2. The second kappa shape index (κ2) is 4.74. The van der Waals surface area contributed by atoms with Gasteiger partial charge < -0.3 is 0 Å². The van der Waals surface area contributed by atoms with Crippen LogP contribution in [0.4, 0.5) is 0 Å². The average Bonchev–Trinajstić information content (AvgIpc) is 2.30. The molecule has 0 fully saturated rings. The predicted octanol–water partition coefficient (Wildman–Crippen LogP) is 4.03. The van der Waals surface area contributed by atoms with Crippen molar-refractivity contribution >= 4 is 15.9 Å². The van der Waals surface area contributed by atoms with Crippen molar-refractivity contribution in [2.24, 2.45) is 0 Å². The molecule has 2 aromatic rings. The average molecular weight is 277 g/mol. The fourth-order valence-electron chi connectivity index (χ4n) is 1.43. The molecule has 0 radical (unpaired) electrons. The lowest BCUT2D eigenvalue weighted by molar-refractivity contribution is 0.787. The van der Waals surface area contributed by atoms with E-state index in [0.717, 1.165) is 21.4 Å². The summed E-state index contributed by atoms with van der Waals surface area (Å²) in [5.74, 6) is 0.423. The lowest BCUT2D eigenvalue weighted by Crippen LogP contribution is -1.95. The molecule has 1 aromatic carbocycles. The number of rotatable bonds is 2. The molecule has 0 aliphatic rings. The minimum absolute atomic E-state index is 0.423. The van der Waals surface area contributed by atoms with Crippen LogP contribution < -0.4 is 0 Å². The number of nitrogens with zero attached hydrogens (tertiary/aromatic N) is 2. The van der Waals surface area contributed by atoms with Gasteiger partial charge in [0.1, 0.15) is 0 Å². The molecule has 0 aliphatic carbocycles. The molecule has 0 amide bonds. The first-order valence-corrected chi connectivity index (χ1v) is 6.05. The van der Waals surface area contributed by atoms with Gasteiger partial charge in [0.15, 0.2) is 0 Å². The van der Waals surface area contributed by atoms with Crippen LogP contribution in [-0.2, 0) is 0 Å². The van der Waals surface area contributed by atoms with Crippen LogP contribution in [0.15, 0.2) is 40.9 Å². The summed E-state index contributed by atoms with van der Waals surface area (Å²) in [4.78, 5) is 0. The van der Waals surface area contributed by atoms with E-state index >= 15 is 0 Å². The Kier molecular flexibility index (Phi) is 3.34. The first-order chi connectivity index (χ1) is 7.66. The molecule has 3 heteroatoms. The standard InChI is InChI=1S/C13H13BrN2/c1-9(2)12-7-8-13(16-15-12)10-3-5-11(14)6-4-10/h3-9H,1-2H3. The fourth-order valence-corrected chi connectivity index (χ4v) is 1.69. The molecule has 0 saturated heterocycles. The molecule has 0 unspecified atom stereocenters. The molecule has 2 nitrogen and oxygen atoms in total. The third-order valence-corrected chi connectivity index (χ3v) is 2.95. The molecule has 16 heavy (non-hydrogen) atoms. The molecule has 0 aliphatic heterocycles. The largest absolute Gasteiger partial charge is 0.155 e. The van der Waals surface area contributed by atoms with Gasteiger partial charge in [0.05, 0.1) is 11.4 Å².